The summed E-state index contributed by atoms with van der Waals surface area (Å²) in [6, 6.07) is 9.52. The first-order valence-corrected chi connectivity index (χ1v) is 8.93. The molecule has 0 saturated heterocycles. The third kappa shape index (κ3) is 2.64. The summed E-state index contributed by atoms with van der Waals surface area (Å²) in [5, 5.41) is 6.20. The van der Waals surface area contributed by atoms with Crippen LogP contribution in [-0.4, -0.2) is 0 Å². The lowest BCUT2D eigenvalue weighted by atomic mass is 9.77. The van der Waals surface area contributed by atoms with Gasteiger partial charge in [-0.3, -0.25) is 0 Å². The fourth-order valence-electron chi connectivity index (χ4n) is 3.68. The molecule has 1 aliphatic carbocycles. The molecule has 0 saturated carbocycles. The maximum absolute atomic E-state index is 6.45. The second-order valence-electron chi connectivity index (χ2n) is 5.99. The highest BCUT2D eigenvalue weighted by atomic mass is 35.5. The molecule has 0 amide bonds. The summed E-state index contributed by atoms with van der Waals surface area (Å²) < 4.78 is 0. The van der Waals surface area contributed by atoms with E-state index in [0.717, 1.165) is 23.2 Å². The smallest absolute Gasteiger partial charge is 0.0655 e. The molecule has 0 bridgehead atoms. The first-order chi connectivity index (χ1) is 11.0. The van der Waals surface area contributed by atoms with E-state index in [1.54, 1.807) is 12.1 Å². The van der Waals surface area contributed by atoms with E-state index < -0.39 is 0 Å². The minimum Gasteiger partial charge on any atom is -0.376 e. The van der Waals surface area contributed by atoms with Crippen LogP contribution in [-0.2, 0) is 0 Å². The number of rotatable bonds is 1. The van der Waals surface area contributed by atoms with Crippen molar-refractivity contribution in [2.45, 2.75) is 18.4 Å². The van der Waals surface area contributed by atoms with E-state index in [2.05, 4.69) is 17.5 Å². The van der Waals surface area contributed by atoms with Crippen molar-refractivity contribution in [3.63, 3.8) is 0 Å². The summed E-state index contributed by atoms with van der Waals surface area (Å²) in [7, 11) is 0. The normalized spacial score (nSPS) is 25.0. The Hall–Kier alpha value is -0.860. The van der Waals surface area contributed by atoms with Crippen molar-refractivity contribution in [3.05, 3.63) is 73.7 Å². The predicted molar refractivity (Wildman–Crippen MR) is 99.3 cm³/mol. The van der Waals surface area contributed by atoms with Crippen molar-refractivity contribution in [1.82, 2.24) is 0 Å². The molecule has 1 aliphatic heterocycles. The Balaban J connectivity index is 1.84. The predicted octanol–water partition coefficient (Wildman–Crippen LogP) is 7.13. The zero-order valence-corrected chi connectivity index (χ0v) is 15.0. The van der Waals surface area contributed by atoms with Crippen LogP contribution in [0.25, 0.3) is 0 Å². The van der Waals surface area contributed by atoms with Gasteiger partial charge in [0.1, 0.15) is 0 Å². The van der Waals surface area contributed by atoms with Gasteiger partial charge in [0, 0.05) is 21.0 Å². The van der Waals surface area contributed by atoms with E-state index in [0.29, 0.717) is 31.9 Å². The molecule has 1 heterocycles. The molecule has 23 heavy (non-hydrogen) atoms. The van der Waals surface area contributed by atoms with E-state index in [9.17, 15) is 0 Å². The van der Waals surface area contributed by atoms with Gasteiger partial charge in [0.15, 0.2) is 0 Å². The van der Waals surface area contributed by atoms with Gasteiger partial charge in [0.2, 0.25) is 0 Å². The maximum atomic E-state index is 6.45. The molecule has 0 radical (unpaired) electrons. The lowest BCUT2D eigenvalue weighted by Crippen LogP contribution is -2.29. The highest BCUT2D eigenvalue weighted by Crippen LogP contribution is 2.53. The summed E-state index contributed by atoms with van der Waals surface area (Å²) in [4.78, 5) is 0. The number of nitrogens with one attached hydrogen (secondary N) is 1. The average Bonchev–Trinajstić information content (AvgIpc) is 2.97. The molecule has 3 unspecified atom stereocenters. The number of fused-ring (bicyclic) bond motifs is 3. The standard InChI is InChI=1S/C18H13Cl4N/c19-9-4-5-13(15(21)7-9)17-12-3-1-2-11(12)14-6-10(20)8-16(22)18(14)23-17/h1-2,4-8,11-12,17,23H,3H2. The van der Waals surface area contributed by atoms with Gasteiger partial charge in [0.05, 0.1) is 16.8 Å². The van der Waals surface area contributed by atoms with Crippen LogP contribution in [0.15, 0.2) is 42.5 Å². The molecule has 0 spiro atoms. The molecule has 2 aromatic carbocycles. The molecule has 2 aromatic rings. The van der Waals surface area contributed by atoms with Gasteiger partial charge in [-0.05, 0) is 47.7 Å². The maximum Gasteiger partial charge on any atom is 0.0655 e. The third-order valence-corrected chi connectivity index (χ3v) is 5.76. The SMILES string of the molecule is Clc1ccc(C2Nc3c(Cl)cc(Cl)cc3C3C=CCC32)c(Cl)c1. The number of allylic oxidation sites excluding steroid dienone is 2. The van der Waals surface area contributed by atoms with Gasteiger partial charge in [-0.25, -0.2) is 0 Å². The summed E-state index contributed by atoms with van der Waals surface area (Å²) in [6.45, 7) is 0. The lowest BCUT2D eigenvalue weighted by molar-refractivity contribution is 0.426. The Morgan fingerprint density at radius 3 is 2.43 bits per heavy atom. The van der Waals surface area contributed by atoms with E-state index in [4.69, 9.17) is 46.4 Å². The highest BCUT2D eigenvalue weighted by molar-refractivity contribution is 6.37. The topological polar surface area (TPSA) is 12.0 Å². The minimum atomic E-state index is 0.0888. The third-order valence-electron chi connectivity index (χ3n) is 4.68. The minimum absolute atomic E-state index is 0.0888. The van der Waals surface area contributed by atoms with Crippen LogP contribution in [0, 0.1) is 5.92 Å². The Morgan fingerprint density at radius 1 is 0.870 bits per heavy atom. The number of halogens is 4. The monoisotopic (exact) mass is 383 g/mol. The van der Waals surface area contributed by atoms with Crippen LogP contribution in [0.5, 0.6) is 0 Å². The molecule has 2 aliphatic rings. The fourth-order valence-corrected chi connectivity index (χ4v) is 4.77. The summed E-state index contributed by atoms with van der Waals surface area (Å²) >= 11 is 25.1. The van der Waals surface area contributed by atoms with E-state index >= 15 is 0 Å². The highest BCUT2D eigenvalue weighted by Gasteiger charge is 2.39. The summed E-state index contributed by atoms with van der Waals surface area (Å²) in [5.41, 5.74) is 3.15. The number of hydrogen-bond acceptors (Lipinski definition) is 1. The summed E-state index contributed by atoms with van der Waals surface area (Å²) in [5.74, 6) is 0.676. The Labute approximate surface area is 155 Å². The van der Waals surface area contributed by atoms with Crippen molar-refractivity contribution in [1.29, 1.82) is 0 Å². The molecule has 5 heteroatoms. The molecule has 118 valence electrons. The van der Waals surface area contributed by atoms with Gasteiger partial charge in [-0.2, -0.15) is 0 Å². The van der Waals surface area contributed by atoms with E-state index in [1.165, 1.54) is 0 Å². The van der Waals surface area contributed by atoms with Crippen LogP contribution < -0.4 is 5.32 Å². The Morgan fingerprint density at radius 2 is 1.65 bits per heavy atom. The molecule has 0 aromatic heterocycles. The fraction of sp³-hybridized carbons (Fsp3) is 0.222. The molecule has 1 nitrogen and oxygen atoms in total. The van der Waals surface area contributed by atoms with Crippen LogP contribution >= 0.6 is 46.4 Å². The molecule has 0 fully saturated rings. The summed E-state index contributed by atoms with van der Waals surface area (Å²) in [6.07, 6.45) is 5.45. The second kappa shape index (κ2) is 5.89. The van der Waals surface area contributed by atoms with E-state index in [1.807, 2.05) is 18.2 Å². The number of hydrogen-bond donors (Lipinski definition) is 1. The van der Waals surface area contributed by atoms with Crippen molar-refractivity contribution in [2.75, 3.05) is 5.32 Å². The van der Waals surface area contributed by atoms with Gasteiger partial charge < -0.3 is 5.32 Å². The van der Waals surface area contributed by atoms with Gasteiger partial charge in [-0.15, -0.1) is 0 Å². The average molecular weight is 385 g/mol. The van der Waals surface area contributed by atoms with Crippen LogP contribution in [0.1, 0.15) is 29.5 Å². The first kappa shape index (κ1) is 15.7. The van der Waals surface area contributed by atoms with Crippen molar-refractivity contribution < 1.29 is 0 Å². The molecule has 1 N–H and O–H groups in total. The molecule has 4 rings (SSSR count). The van der Waals surface area contributed by atoms with Gasteiger partial charge in [-0.1, -0.05) is 64.6 Å². The molecular formula is C18H13Cl4N. The Kier molecular flexibility index (Phi) is 4.01. The quantitative estimate of drug-likeness (QED) is 0.515. The van der Waals surface area contributed by atoms with E-state index in [-0.39, 0.29) is 6.04 Å². The van der Waals surface area contributed by atoms with Gasteiger partial charge in [0.25, 0.3) is 0 Å². The van der Waals surface area contributed by atoms with Crippen molar-refractivity contribution >= 4 is 52.1 Å². The molecular weight excluding hydrogens is 372 g/mol. The van der Waals surface area contributed by atoms with Crippen molar-refractivity contribution in [2.24, 2.45) is 5.92 Å². The number of anilines is 1. The van der Waals surface area contributed by atoms with Crippen molar-refractivity contribution in [3.8, 4) is 0 Å². The zero-order chi connectivity index (χ0) is 16.1. The first-order valence-electron chi connectivity index (χ1n) is 7.41. The molecule has 3 atom stereocenters. The zero-order valence-electron chi connectivity index (χ0n) is 12.0. The van der Waals surface area contributed by atoms with Crippen LogP contribution in [0.2, 0.25) is 20.1 Å². The largest absolute Gasteiger partial charge is 0.376 e. The van der Waals surface area contributed by atoms with Crippen LogP contribution in [0.3, 0.4) is 0 Å². The number of benzene rings is 2. The lowest BCUT2D eigenvalue weighted by Gasteiger charge is -2.38. The van der Waals surface area contributed by atoms with Crippen LogP contribution in [0.4, 0.5) is 5.69 Å². The van der Waals surface area contributed by atoms with Gasteiger partial charge >= 0.3 is 0 Å². The second-order valence-corrected chi connectivity index (χ2v) is 7.68. The Bertz CT molecular complexity index is 815.